The molecule has 2 aromatic heterocycles. The maximum atomic E-state index is 12.6. The molecule has 0 aliphatic rings. The van der Waals surface area contributed by atoms with Crippen molar-refractivity contribution in [1.82, 2.24) is 14.4 Å². The summed E-state index contributed by atoms with van der Waals surface area (Å²) in [7, 11) is 0. The third-order valence-electron chi connectivity index (χ3n) is 3.08. The van der Waals surface area contributed by atoms with Crippen molar-refractivity contribution in [3.8, 4) is 11.3 Å². The molecule has 22 heavy (non-hydrogen) atoms. The molecular formula is C14H8F3N3O2. The van der Waals surface area contributed by atoms with Crippen LogP contribution in [0.5, 0.6) is 0 Å². The minimum Gasteiger partial charge on any atom is -0.476 e. The Morgan fingerprint density at radius 3 is 2.45 bits per heavy atom. The van der Waals surface area contributed by atoms with Gasteiger partial charge in [0, 0.05) is 24.2 Å². The molecule has 0 saturated carbocycles. The van der Waals surface area contributed by atoms with E-state index in [-0.39, 0.29) is 11.4 Å². The Balaban J connectivity index is 2.17. The van der Waals surface area contributed by atoms with Gasteiger partial charge < -0.3 is 9.51 Å². The molecular weight excluding hydrogens is 299 g/mol. The van der Waals surface area contributed by atoms with Crippen molar-refractivity contribution in [2.75, 3.05) is 0 Å². The molecule has 0 aliphatic carbocycles. The lowest BCUT2D eigenvalue weighted by molar-refractivity contribution is -0.137. The normalized spacial score (nSPS) is 11.8. The number of aromatic carboxylic acids is 1. The van der Waals surface area contributed by atoms with E-state index in [1.807, 2.05) is 0 Å². The van der Waals surface area contributed by atoms with Crippen molar-refractivity contribution < 1.29 is 23.1 Å². The van der Waals surface area contributed by atoms with Crippen LogP contribution in [0.2, 0.25) is 0 Å². The molecule has 0 amide bonds. The minimum atomic E-state index is -4.43. The molecule has 3 aromatic rings. The second-order valence-electron chi connectivity index (χ2n) is 4.51. The first kappa shape index (κ1) is 14.1. The van der Waals surface area contributed by atoms with Gasteiger partial charge in [-0.05, 0) is 12.1 Å². The first-order valence-corrected chi connectivity index (χ1v) is 6.11. The van der Waals surface area contributed by atoms with Crippen molar-refractivity contribution >= 4 is 11.6 Å². The third-order valence-corrected chi connectivity index (χ3v) is 3.08. The van der Waals surface area contributed by atoms with Crippen LogP contribution >= 0.6 is 0 Å². The number of hydrogen-bond donors (Lipinski definition) is 1. The largest absolute Gasteiger partial charge is 0.476 e. The van der Waals surface area contributed by atoms with Crippen molar-refractivity contribution in [3.63, 3.8) is 0 Å². The van der Waals surface area contributed by atoms with Gasteiger partial charge >= 0.3 is 12.1 Å². The smallest absolute Gasteiger partial charge is 0.416 e. The molecule has 0 saturated heterocycles. The summed E-state index contributed by atoms with van der Waals surface area (Å²) in [6.45, 7) is 0. The number of rotatable bonds is 2. The zero-order valence-corrected chi connectivity index (χ0v) is 10.9. The second kappa shape index (κ2) is 4.83. The molecule has 0 spiro atoms. The SMILES string of the molecule is O=C(O)c1cn2ccnc2c(-c2ccc(C(F)(F)F)cc2)n1. The van der Waals surface area contributed by atoms with Crippen molar-refractivity contribution in [2.24, 2.45) is 0 Å². The van der Waals surface area contributed by atoms with E-state index in [1.165, 1.54) is 35.1 Å². The first-order valence-electron chi connectivity index (χ1n) is 6.11. The van der Waals surface area contributed by atoms with Crippen LogP contribution in [0.25, 0.3) is 16.9 Å². The molecule has 5 nitrogen and oxygen atoms in total. The number of benzene rings is 1. The number of nitrogens with zero attached hydrogens (tertiary/aromatic N) is 3. The number of hydrogen-bond acceptors (Lipinski definition) is 3. The van der Waals surface area contributed by atoms with Crippen molar-refractivity contribution in [3.05, 3.63) is 54.1 Å². The number of alkyl halides is 3. The maximum Gasteiger partial charge on any atom is 0.416 e. The Morgan fingerprint density at radius 1 is 1.18 bits per heavy atom. The van der Waals surface area contributed by atoms with Gasteiger partial charge in [0.05, 0.1) is 5.56 Å². The van der Waals surface area contributed by atoms with Gasteiger partial charge in [-0.15, -0.1) is 0 Å². The number of carboxylic acid groups (broad SMARTS) is 1. The Kier molecular flexibility index (Phi) is 3.09. The molecule has 0 atom stereocenters. The van der Waals surface area contributed by atoms with Gasteiger partial charge in [0.2, 0.25) is 0 Å². The van der Waals surface area contributed by atoms with Crippen molar-refractivity contribution in [1.29, 1.82) is 0 Å². The number of fused-ring (bicyclic) bond motifs is 1. The van der Waals surface area contributed by atoms with E-state index in [1.54, 1.807) is 0 Å². The molecule has 0 unspecified atom stereocenters. The standard InChI is InChI=1S/C14H8F3N3O2/c15-14(16,17)9-3-1-8(2-4-9)11-12-18-5-6-20(12)7-10(19-11)13(21)22/h1-7H,(H,21,22). The lowest BCUT2D eigenvalue weighted by atomic mass is 10.1. The van der Waals surface area contributed by atoms with E-state index in [2.05, 4.69) is 9.97 Å². The number of carboxylic acids is 1. The van der Waals surface area contributed by atoms with Crippen LogP contribution < -0.4 is 0 Å². The van der Waals surface area contributed by atoms with Crippen LogP contribution in [-0.4, -0.2) is 25.4 Å². The molecule has 0 radical (unpaired) electrons. The van der Waals surface area contributed by atoms with E-state index in [0.717, 1.165) is 12.1 Å². The Labute approximate surface area is 121 Å². The second-order valence-corrected chi connectivity index (χ2v) is 4.51. The zero-order chi connectivity index (χ0) is 15.9. The molecule has 1 N–H and O–H groups in total. The summed E-state index contributed by atoms with van der Waals surface area (Å²) in [5, 5.41) is 9.06. The number of carbonyl (C=O) groups is 1. The van der Waals surface area contributed by atoms with Crippen LogP contribution in [0.3, 0.4) is 0 Å². The van der Waals surface area contributed by atoms with Gasteiger partial charge in [0.15, 0.2) is 11.3 Å². The highest BCUT2D eigenvalue weighted by Crippen LogP contribution is 2.31. The summed E-state index contributed by atoms with van der Waals surface area (Å²) in [6.07, 6.45) is -0.150. The number of aromatic nitrogens is 3. The molecule has 1 aromatic carbocycles. The fraction of sp³-hybridized carbons (Fsp3) is 0.0714. The lowest BCUT2D eigenvalue weighted by Gasteiger charge is -2.08. The fourth-order valence-corrected chi connectivity index (χ4v) is 2.05. The van der Waals surface area contributed by atoms with E-state index >= 15 is 0 Å². The van der Waals surface area contributed by atoms with E-state index < -0.39 is 17.7 Å². The monoisotopic (exact) mass is 307 g/mol. The highest BCUT2D eigenvalue weighted by molar-refractivity contribution is 5.87. The van der Waals surface area contributed by atoms with Gasteiger partial charge in [-0.3, -0.25) is 0 Å². The summed E-state index contributed by atoms with van der Waals surface area (Å²) in [5.41, 5.74) is -0.0823. The molecule has 2 heterocycles. The average molecular weight is 307 g/mol. The highest BCUT2D eigenvalue weighted by atomic mass is 19.4. The van der Waals surface area contributed by atoms with Gasteiger partial charge in [-0.2, -0.15) is 13.2 Å². The van der Waals surface area contributed by atoms with Crippen LogP contribution in [-0.2, 0) is 6.18 Å². The average Bonchev–Trinajstić information content (AvgIpc) is 2.93. The van der Waals surface area contributed by atoms with Crippen molar-refractivity contribution in [2.45, 2.75) is 6.18 Å². The van der Waals surface area contributed by atoms with E-state index in [0.29, 0.717) is 11.2 Å². The summed E-state index contributed by atoms with van der Waals surface area (Å²) in [5.74, 6) is -1.23. The summed E-state index contributed by atoms with van der Waals surface area (Å²) >= 11 is 0. The lowest BCUT2D eigenvalue weighted by Crippen LogP contribution is -2.06. The minimum absolute atomic E-state index is 0.207. The zero-order valence-electron chi connectivity index (χ0n) is 10.9. The van der Waals surface area contributed by atoms with Gasteiger partial charge in [0.1, 0.15) is 5.69 Å². The third kappa shape index (κ3) is 2.39. The fourth-order valence-electron chi connectivity index (χ4n) is 2.05. The van der Waals surface area contributed by atoms with Crippen LogP contribution in [0.1, 0.15) is 16.1 Å². The number of halogens is 3. The molecule has 0 aliphatic heterocycles. The maximum absolute atomic E-state index is 12.6. The topological polar surface area (TPSA) is 67.5 Å². The number of imidazole rings is 1. The van der Waals surface area contributed by atoms with Gasteiger partial charge in [-0.25, -0.2) is 14.8 Å². The molecule has 8 heteroatoms. The summed E-state index contributed by atoms with van der Waals surface area (Å²) < 4.78 is 39.2. The van der Waals surface area contributed by atoms with E-state index in [9.17, 15) is 18.0 Å². The Morgan fingerprint density at radius 2 is 1.86 bits per heavy atom. The molecule has 3 rings (SSSR count). The molecule has 0 fully saturated rings. The van der Waals surface area contributed by atoms with Crippen LogP contribution in [0.4, 0.5) is 13.2 Å². The Bertz CT molecular complexity index is 854. The first-order chi connectivity index (χ1) is 10.4. The molecule has 112 valence electrons. The predicted octanol–water partition coefficient (Wildman–Crippen LogP) is 3.11. The highest BCUT2D eigenvalue weighted by Gasteiger charge is 2.30. The van der Waals surface area contributed by atoms with Gasteiger partial charge in [-0.1, -0.05) is 12.1 Å². The summed E-state index contributed by atoms with van der Waals surface area (Å²) in [6, 6.07) is 4.32. The van der Waals surface area contributed by atoms with Crippen LogP contribution in [0.15, 0.2) is 42.9 Å². The molecule has 0 bridgehead atoms. The van der Waals surface area contributed by atoms with Gasteiger partial charge in [0.25, 0.3) is 0 Å². The van der Waals surface area contributed by atoms with Crippen LogP contribution in [0, 0.1) is 0 Å². The predicted molar refractivity (Wildman–Crippen MR) is 70.4 cm³/mol. The summed E-state index contributed by atoms with van der Waals surface area (Å²) in [4.78, 5) is 19.1. The van der Waals surface area contributed by atoms with E-state index in [4.69, 9.17) is 5.11 Å². The quantitative estimate of drug-likeness (QED) is 0.790. The Hall–Kier alpha value is -2.90.